The Hall–Kier alpha value is -0.190. The molecule has 2 N–H and O–H groups in total. The summed E-state index contributed by atoms with van der Waals surface area (Å²) in [5.41, 5.74) is 0.508. The lowest BCUT2D eigenvalue weighted by Crippen LogP contribution is -2.33. The lowest BCUT2D eigenvalue weighted by atomic mass is 10.1. The zero-order chi connectivity index (χ0) is 13.4. The van der Waals surface area contributed by atoms with Crippen molar-refractivity contribution in [1.82, 2.24) is 9.78 Å². The molecule has 0 saturated carbocycles. The van der Waals surface area contributed by atoms with Crippen molar-refractivity contribution < 1.29 is 11.5 Å². The predicted molar refractivity (Wildman–Crippen MR) is 72.4 cm³/mol. The molecule has 98 valence electrons. The summed E-state index contributed by atoms with van der Waals surface area (Å²) >= 11 is 1.80. The van der Waals surface area contributed by atoms with Gasteiger partial charge >= 0.3 is 0 Å². The molecule has 0 atom stereocenters. The lowest BCUT2D eigenvalue weighted by Gasteiger charge is -2.25. The van der Waals surface area contributed by atoms with Crippen LogP contribution in [-0.4, -0.2) is 24.8 Å². The second kappa shape index (κ2) is 4.82. The van der Waals surface area contributed by atoms with Crippen molar-refractivity contribution in [3.05, 3.63) is 11.4 Å². The molecule has 1 heterocycles. The van der Waals surface area contributed by atoms with Crippen LogP contribution in [-0.2, 0) is 18.6 Å². The summed E-state index contributed by atoms with van der Waals surface area (Å²) in [6, 6.07) is 0. The highest BCUT2D eigenvalue weighted by Crippen LogP contribution is 2.25. The van der Waals surface area contributed by atoms with Crippen molar-refractivity contribution in [2.75, 3.05) is 6.61 Å². The second-order valence-corrected chi connectivity index (χ2v) is 6.64. The molecule has 0 aromatic carbocycles. The summed E-state index contributed by atoms with van der Waals surface area (Å²) in [4.78, 5) is 0.0963. The molecular weight excluding hydrogens is 357 g/mol. The third kappa shape index (κ3) is 2.98. The highest BCUT2D eigenvalue weighted by atomic mass is 127. The van der Waals surface area contributed by atoms with E-state index >= 15 is 0 Å². The standard InChI is InChI=1S/C9H16IN3O3S/c1-6-8(17(11,14)15)7(2)13(12-6)9(3,4)5-16-10/h5H2,1-4H3,(H2,11,14,15). The molecule has 0 radical (unpaired) electrons. The molecule has 0 amide bonds. The Kier molecular flexibility index (Phi) is 4.22. The highest BCUT2D eigenvalue weighted by molar-refractivity contribution is 14.1. The third-order valence-corrected chi connectivity index (χ3v) is 3.96. The maximum atomic E-state index is 11.5. The average molecular weight is 373 g/mol. The molecule has 0 bridgehead atoms. The smallest absolute Gasteiger partial charge is 0.241 e. The Morgan fingerprint density at radius 3 is 2.35 bits per heavy atom. The van der Waals surface area contributed by atoms with Crippen LogP contribution >= 0.6 is 23.0 Å². The number of nitrogens with two attached hydrogens (primary N) is 1. The molecule has 1 aromatic rings. The second-order valence-electron chi connectivity index (χ2n) is 4.52. The summed E-state index contributed by atoms with van der Waals surface area (Å²) in [6.45, 7) is 7.56. The molecule has 17 heavy (non-hydrogen) atoms. The summed E-state index contributed by atoms with van der Waals surface area (Å²) in [5.74, 6) is 0. The fraction of sp³-hybridized carbons (Fsp3) is 0.667. The van der Waals surface area contributed by atoms with Gasteiger partial charge in [-0.2, -0.15) is 5.10 Å². The Morgan fingerprint density at radius 1 is 1.47 bits per heavy atom. The monoisotopic (exact) mass is 373 g/mol. The Bertz CT molecular complexity index is 522. The van der Waals surface area contributed by atoms with Gasteiger partial charge in [0.15, 0.2) is 0 Å². The normalized spacial score (nSPS) is 13.1. The number of aromatic nitrogens is 2. The van der Waals surface area contributed by atoms with Gasteiger partial charge in [0.1, 0.15) is 27.9 Å². The minimum Gasteiger partial charge on any atom is -0.313 e. The Balaban J connectivity index is 3.41. The van der Waals surface area contributed by atoms with Crippen molar-refractivity contribution in [2.24, 2.45) is 5.14 Å². The van der Waals surface area contributed by atoms with Crippen molar-refractivity contribution in [3.8, 4) is 0 Å². The van der Waals surface area contributed by atoms with E-state index in [0.29, 0.717) is 18.0 Å². The van der Waals surface area contributed by atoms with Crippen LogP contribution in [0.25, 0.3) is 0 Å². The van der Waals surface area contributed by atoms with E-state index < -0.39 is 15.6 Å². The number of primary sulfonamides is 1. The Morgan fingerprint density at radius 2 is 2.00 bits per heavy atom. The van der Waals surface area contributed by atoms with Crippen molar-refractivity contribution >= 4 is 33.0 Å². The molecule has 0 saturated heterocycles. The summed E-state index contributed by atoms with van der Waals surface area (Å²) in [5, 5.41) is 9.42. The zero-order valence-corrected chi connectivity index (χ0v) is 13.2. The van der Waals surface area contributed by atoms with Gasteiger partial charge in [0, 0.05) is 0 Å². The van der Waals surface area contributed by atoms with Crippen molar-refractivity contribution in [2.45, 2.75) is 38.1 Å². The largest absolute Gasteiger partial charge is 0.313 e. The first-order valence-corrected chi connectivity index (χ1v) is 7.37. The maximum Gasteiger partial charge on any atom is 0.241 e. The van der Waals surface area contributed by atoms with E-state index in [4.69, 9.17) is 8.21 Å². The van der Waals surface area contributed by atoms with Gasteiger partial charge in [-0.05, 0) is 27.7 Å². The van der Waals surface area contributed by atoms with Gasteiger partial charge in [-0.25, -0.2) is 13.6 Å². The molecule has 0 aliphatic heterocycles. The number of halogens is 1. The number of aryl methyl sites for hydroxylation is 1. The molecule has 1 aromatic heterocycles. The molecule has 6 nitrogen and oxygen atoms in total. The number of hydrogen-bond acceptors (Lipinski definition) is 4. The van der Waals surface area contributed by atoms with Gasteiger partial charge in [-0.15, -0.1) is 0 Å². The number of rotatable bonds is 4. The van der Waals surface area contributed by atoms with Gasteiger partial charge in [0.05, 0.1) is 23.5 Å². The number of hydrogen-bond donors (Lipinski definition) is 1. The number of sulfonamides is 1. The average Bonchev–Trinajstić information content (AvgIpc) is 2.40. The first kappa shape index (κ1) is 14.9. The fourth-order valence-corrected chi connectivity index (χ4v) is 3.54. The van der Waals surface area contributed by atoms with Crippen molar-refractivity contribution in [1.29, 1.82) is 0 Å². The van der Waals surface area contributed by atoms with Gasteiger partial charge < -0.3 is 3.07 Å². The molecule has 0 spiro atoms. The van der Waals surface area contributed by atoms with E-state index in [0.717, 1.165) is 0 Å². The van der Waals surface area contributed by atoms with Crippen LogP contribution in [0.4, 0.5) is 0 Å². The lowest BCUT2D eigenvalue weighted by molar-refractivity contribution is 0.209. The summed E-state index contributed by atoms with van der Waals surface area (Å²) in [6.07, 6.45) is 0. The third-order valence-electron chi connectivity index (χ3n) is 2.49. The van der Waals surface area contributed by atoms with E-state index in [1.165, 1.54) is 0 Å². The predicted octanol–water partition coefficient (Wildman–Crippen LogP) is 1.25. The SMILES string of the molecule is Cc1nn(C(C)(C)COI)c(C)c1S(N)(=O)=O. The van der Waals surface area contributed by atoms with E-state index in [-0.39, 0.29) is 4.90 Å². The van der Waals surface area contributed by atoms with Crippen LogP contribution in [0.5, 0.6) is 0 Å². The van der Waals surface area contributed by atoms with Gasteiger partial charge in [0.25, 0.3) is 0 Å². The molecule has 1 rings (SSSR count). The van der Waals surface area contributed by atoms with Crippen LogP contribution in [0.1, 0.15) is 25.2 Å². The first-order chi connectivity index (χ1) is 7.61. The van der Waals surface area contributed by atoms with Gasteiger partial charge in [-0.1, -0.05) is 0 Å². The molecule has 0 unspecified atom stereocenters. The van der Waals surface area contributed by atoms with Crippen LogP contribution in [0.2, 0.25) is 0 Å². The summed E-state index contributed by atoms with van der Waals surface area (Å²) < 4.78 is 29.6. The fourth-order valence-electron chi connectivity index (χ4n) is 1.82. The Labute approximate surface area is 115 Å². The molecule has 0 fully saturated rings. The minimum atomic E-state index is -3.74. The maximum absolute atomic E-state index is 11.5. The van der Waals surface area contributed by atoms with E-state index in [9.17, 15) is 8.42 Å². The first-order valence-electron chi connectivity index (χ1n) is 4.94. The zero-order valence-electron chi connectivity index (χ0n) is 10.2. The van der Waals surface area contributed by atoms with Gasteiger partial charge in [0.2, 0.25) is 10.0 Å². The quantitative estimate of drug-likeness (QED) is 0.805. The van der Waals surface area contributed by atoms with Crippen LogP contribution in [0.3, 0.4) is 0 Å². The van der Waals surface area contributed by atoms with Gasteiger partial charge in [-0.3, -0.25) is 4.68 Å². The molecule has 8 heteroatoms. The van der Waals surface area contributed by atoms with E-state index in [1.54, 1.807) is 41.5 Å². The van der Waals surface area contributed by atoms with Crippen molar-refractivity contribution in [3.63, 3.8) is 0 Å². The molecule has 0 aliphatic rings. The van der Waals surface area contributed by atoms with E-state index in [1.807, 2.05) is 13.8 Å². The summed E-state index contributed by atoms with van der Waals surface area (Å²) in [7, 11) is -3.74. The number of nitrogens with zero attached hydrogens (tertiary/aromatic N) is 2. The van der Waals surface area contributed by atoms with Crippen LogP contribution < -0.4 is 5.14 Å². The van der Waals surface area contributed by atoms with E-state index in [2.05, 4.69) is 5.10 Å². The molecule has 0 aliphatic carbocycles. The van der Waals surface area contributed by atoms with Crippen LogP contribution in [0.15, 0.2) is 4.90 Å². The minimum absolute atomic E-state index is 0.0963. The molecular formula is C9H16IN3O3S. The van der Waals surface area contributed by atoms with Crippen LogP contribution in [0, 0.1) is 13.8 Å². The highest BCUT2D eigenvalue weighted by Gasteiger charge is 2.29. The topological polar surface area (TPSA) is 87.2 Å².